The Labute approximate surface area is 149 Å². The minimum absolute atomic E-state index is 0. The Balaban J connectivity index is 0.00000208. The molecule has 1 aromatic rings. The first-order valence-corrected chi connectivity index (χ1v) is 9.51. The van der Waals surface area contributed by atoms with Crippen LogP contribution >= 0.6 is 12.4 Å². The third kappa shape index (κ3) is 3.74. The Morgan fingerprint density at radius 1 is 1.38 bits per heavy atom. The Hall–Kier alpha value is -1.15. The molecule has 2 aliphatic heterocycles. The fourth-order valence-corrected chi connectivity index (χ4v) is 4.68. The molecule has 3 rings (SSSR count). The minimum Gasteiger partial charge on any atom is -0.315 e. The second-order valence-corrected chi connectivity index (χ2v) is 8.12. The zero-order valence-electron chi connectivity index (χ0n) is 13.9. The average molecular weight is 374 g/mol. The van der Waals surface area contributed by atoms with E-state index in [1.165, 1.54) is 6.92 Å². The molecule has 1 saturated heterocycles. The zero-order chi connectivity index (χ0) is 16.6. The third-order valence-corrected chi connectivity index (χ3v) is 6.26. The van der Waals surface area contributed by atoms with Crippen LogP contribution in [0.15, 0.2) is 23.1 Å². The highest BCUT2D eigenvalue weighted by atomic mass is 35.5. The van der Waals surface area contributed by atoms with Crippen molar-refractivity contribution in [3.63, 3.8) is 0 Å². The molecule has 1 fully saturated rings. The van der Waals surface area contributed by atoms with Crippen LogP contribution in [0.1, 0.15) is 25.8 Å². The van der Waals surface area contributed by atoms with Gasteiger partial charge in [-0.1, -0.05) is 6.92 Å². The molecule has 1 aromatic carbocycles. The molecule has 2 atom stereocenters. The van der Waals surface area contributed by atoms with Gasteiger partial charge in [0.25, 0.3) is 0 Å². The van der Waals surface area contributed by atoms with E-state index < -0.39 is 10.0 Å². The van der Waals surface area contributed by atoms with E-state index in [0.717, 1.165) is 24.2 Å². The second-order valence-electron chi connectivity index (χ2n) is 6.41. The van der Waals surface area contributed by atoms with Crippen LogP contribution in [0.4, 0.5) is 5.69 Å². The second kappa shape index (κ2) is 7.39. The molecule has 0 aromatic heterocycles. The third-order valence-electron chi connectivity index (χ3n) is 4.77. The molecule has 1 amide bonds. The topological polar surface area (TPSA) is 78.5 Å². The van der Waals surface area contributed by atoms with Gasteiger partial charge in [-0.15, -0.1) is 12.4 Å². The highest BCUT2D eigenvalue weighted by Crippen LogP contribution is 2.30. The van der Waals surface area contributed by atoms with Gasteiger partial charge in [-0.25, -0.2) is 13.1 Å². The molecule has 8 heteroatoms. The fraction of sp³-hybridized carbons (Fsp3) is 0.562. The monoisotopic (exact) mass is 373 g/mol. The molecule has 2 unspecified atom stereocenters. The van der Waals surface area contributed by atoms with Crippen molar-refractivity contribution in [3.05, 3.63) is 23.8 Å². The summed E-state index contributed by atoms with van der Waals surface area (Å²) in [5.74, 6) is 0.299. The number of carbonyl (C=O) groups is 1. The minimum atomic E-state index is -3.55. The Morgan fingerprint density at radius 2 is 2.12 bits per heavy atom. The number of halogens is 1. The maximum absolute atomic E-state index is 12.6. The van der Waals surface area contributed by atoms with E-state index in [1.54, 1.807) is 23.1 Å². The lowest BCUT2D eigenvalue weighted by atomic mass is 9.96. The lowest BCUT2D eigenvalue weighted by Gasteiger charge is -2.30. The van der Waals surface area contributed by atoms with Crippen LogP contribution < -0.4 is 14.9 Å². The quantitative estimate of drug-likeness (QED) is 0.837. The van der Waals surface area contributed by atoms with Crippen molar-refractivity contribution in [2.75, 3.05) is 24.5 Å². The van der Waals surface area contributed by atoms with E-state index in [1.807, 2.05) is 0 Å². The normalized spacial score (nSPS) is 23.5. The summed E-state index contributed by atoms with van der Waals surface area (Å²) in [6, 6.07) is 4.93. The number of carbonyl (C=O) groups excluding carboxylic acids is 1. The Kier molecular flexibility index (Phi) is 5.91. The maximum Gasteiger partial charge on any atom is 0.240 e. The molecule has 0 saturated carbocycles. The number of hydrogen-bond acceptors (Lipinski definition) is 4. The highest BCUT2D eigenvalue weighted by Gasteiger charge is 2.28. The number of nitrogens with one attached hydrogen (secondary N) is 2. The van der Waals surface area contributed by atoms with Gasteiger partial charge < -0.3 is 10.2 Å². The molecule has 0 bridgehead atoms. The predicted molar refractivity (Wildman–Crippen MR) is 96.2 cm³/mol. The molecule has 2 N–H and O–H groups in total. The smallest absolute Gasteiger partial charge is 0.240 e. The van der Waals surface area contributed by atoms with Crippen LogP contribution in [0, 0.1) is 5.92 Å². The van der Waals surface area contributed by atoms with Gasteiger partial charge in [0, 0.05) is 31.7 Å². The van der Waals surface area contributed by atoms with Gasteiger partial charge in [0.1, 0.15) is 0 Å². The lowest BCUT2D eigenvalue weighted by molar-refractivity contribution is -0.116. The van der Waals surface area contributed by atoms with Crippen LogP contribution in [0.3, 0.4) is 0 Å². The van der Waals surface area contributed by atoms with Gasteiger partial charge >= 0.3 is 0 Å². The summed E-state index contributed by atoms with van der Waals surface area (Å²) in [5.41, 5.74) is 1.74. The first-order chi connectivity index (χ1) is 10.9. The van der Waals surface area contributed by atoms with Crippen molar-refractivity contribution < 1.29 is 13.2 Å². The van der Waals surface area contributed by atoms with Crippen molar-refractivity contribution in [2.45, 2.75) is 37.6 Å². The van der Waals surface area contributed by atoms with Gasteiger partial charge in [-0.3, -0.25) is 4.79 Å². The summed E-state index contributed by atoms with van der Waals surface area (Å²) in [5, 5.41) is 3.23. The number of benzene rings is 1. The number of hydrogen-bond donors (Lipinski definition) is 2. The molecule has 2 heterocycles. The number of fused-ring (bicyclic) bond motifs is 1. The molecule has 0 aliphatic carbocycles. The fourth-order valence-electron chi connectivity index (χ4n) is 3.29. The van der Waals surface area contributed by atoms with E-state index in [-0.39, 0.29) is 29.3 Å². The molecular weight excluding hydrogens is 350 g/mol. The van der Waals surface area contributed by atoms with Gasteiger partial charge in [0.15, 0.2) is 0 Å². The largest absolute Gasteiger partial charge is 0.315 e. The van der Waals surface area contributed by atoms with Gasteiger partial charge in [0.05, 0.1) is 4.90 Å². The van der Waals surface area contributed by atoms with Crippen molar-refractivity contribution in [1.29, 1.82) is 0 Å². The molecule has 0 radical (unpaired) electrons. The Morgan fingerprint density at radius 3 is 2.79 bits per heavy atom. The highest BCUT2D eigenvalue weighted by molar-refractivity contribution is 7.89. The van der Waals surface area contributed by atoms with Crippen LogP contribution in [0.25, 0.3) is 0 Å². The summed E-state index contributed by atoms with van der Waals surface area (Å²) < 4.78 is 28.1. The van der Waals surface area contributed by atoms with Crippen LogP contribution in [-0.4, -0.2) is 40.0 Å². The summed E-state index contributed by atoms with van der Waals surface area (Å²) in [6.07, 6.45) is 1.66. The zero-order valence-corrected chi connectivity index (χ0v) is 15.5. The van der Waals surface area contributed by atoms with E-state index in [4.69, 9.17) is 0 Å². The van der Waals surface area contributed by atoms with Crippen LogP contribution in [-0.2, 0) is 21.2 Å². The number of amides is 1. The van der Waals surface area contributed by atoms with Gasteiger partial charge in [0.2, 0.25) is 15.9 Å². The van der Waals surface area contributed by atoms with E-state index in [9.17, 15) is 13.2 Å². The lowest BCUT2D eigenvalue weighted by Crippen LogP contribution is -2.50. The first kappa shape index (κ1) is 19.2. The van der Waals surface area contributed by atoms with E-state index >= 15 is 0 Å². The number of nitrogens with zero attached hydrogens (tertiary/aromatic N) is 1. The predicted octanol–water partition coefficient (Wildman–Crippen LogP) is 1.29. The number of piperidine rings is 1. The summed E-state index contributed by atoms with van der Waals surface area (Å²) in [6.45, 7) is 5.80. The maximum atomic E-state index is 12.6. The molecule has 0 spiro atoms. The molecule has 6 nitrogen and oxygen atoms in total. The van der Waals surface area contributed by atoms with Crippen molar-refractivity contribution >= 4 is 34.0 Å². The van der Waals surface area contributed by atoms with Gasteiger partial charge in [-0.2, -0.15) is 0 Å². The molecule has 24 heavy (non-hydrogen) atoms. The molecular formula is C16H24ClN3O3S. The first-order valence-electron chi connectivity index (χ1n) is 8.02. The van der Waals surface area contributed by atoms with E-state index in [0.29, 0.717) is 25.4 Å². The van der Waals surface area contributed by atoms with Gasteiger partial charge in [-0.05, 0) is 49.1 Å². The summed E-state index contributed by atoms with van der Waals surface area (Å²) in [7, 11) is -3.55. The standard InChI is InChI=1S/C16H23N3O3S.ClH/c1-11-5-7-17-10-15(11)18-23(21,22)14-3-4-16-13(9-14)6-8-19(16)12(2)20;/h3-4,9,11,15,17-18H,5-8,10H2,1-2H3;1H. The number of anilines is 1. The number of rotatable bonds is 3. The average Bonchev–Trinajstić information content (AvgIpc) is 2.92. The summed E-state index contributed by atoms with van der Waals surface area (Å²) >= 11 is 0. The van der Waals surface area contributed by atoms with Crippen LogP contribution in [0.5, 0.6) is 0 Å². The SMILES string of the molecule is CC(=O)N1CCc2cc(S(=O)(=O)NC3CNCCC3C)ccc21.Cl. The summed E-state index contributed by atoms with van der Waals surface area (Å²) in [4.78, 5) is 13.5. The van der Waals surface area contributed by atoms with Crippen molar-refractivity contribution in [1.82, 2.24) is 10.0 Å². The van der Waals surface area contributed by atoms with E-state index in [2.05, 4.69) is 17.0 Å². The Bertz CT molecular complexity index is 723. The molecule has 134 valence electrons. The molecule has 2 aliphatic rings. The number of sulfonamides is 1. The van der Waals surface area contributed by atoms with Crippen molar-refractivity contribution in [3.8, 4) is 0 Å². The van der Waals surface area contributed by atoms with Crippen molar-refractivity contribution in [2.24, 2.45) is 5.92 Å². The van der Waals surface area contributed by atoms with Crippen LogP contribution in [0.2, 0.25) is 0 Å².